The van der Waals surface area contributed by atoms with Gasteiger partial charge in [0.25, 0.3) is 0 Å². The molecule has 2 atom stereocenters. The zero-order chi connectivity index (χ0) is 9.84. The van der Waals surface area contributed by atoms with E-state index in [1.807, 2.05) is 0 Å². The Hall–Kier alpha value is -0.120. The molecule has 0 saturated carbocycles. The zero-order valence-corrected chi connectivity index (χ0v) is 8.95. The third-order valence-electron chi connectivity index (χ3n) is 2.86. The summed E-state index contributed by atoms with van der Waals surface area (Å²) in [6.45, 7) is 8.89. The number of aliphatic hydroxyl groups excluding tert-OH is 1. The highest BCUT2D eigenvalue weighted by atomic mass is 16.3. The summed E-state index contributed by atoms with van der Waals surface area (Å²) in [4.78, 5) is 2.42. The van der Waals surface area contributed by atoms with Crippen molar-refractivity contribution in [2.45, 2.75) is 45.3 Å². The average molecular weight is 186 g/mol. The van der Waals surface area contributed by atoms with Crippen LogP contribution in [0.5, 0.6) is 0 Å². The van der Waals surface area contributed by atoms with Crippen molar-refractivity contribution < 1.29 is 5.11 Å². The first-order chi connectivity index (χ1) is 6.16. The van der Waals surface area contributed by atoms with Crippen molar-refractivity contribution in [3.63, 3.8) is 0 Å². The minimum Gasteiger partial charge on any atom is -0.395 e. The molecule has 13 heavy (non-hydrogen) atoms. The van der Waals surface area contributed by atoms with Gasteiger partial charge in [0.1, 0.15) is 0 Å². The molecule has 0 aromatic rings. The van der Waals surface area contributed by atoms with Gasteiger partial charge in [0, 0.05) is 24.7 Å². The van der Waals surface area contributed by atoms with Crippen molar-refractivity contribution in [3.8, 4) is 0 Å². The van der Waals surface area contributed by atoms with Gasteiger partial charge < -0.3 is 10.4 Å². The molecule has 1 heterocycles. The van der Waals surface area contributed by atoms with Gasteiger partial charge in [0.2, 0.25) is 0 Å². The lowest BCUT2D eigenvalue weighted by molar-refractivity contribution is 0.0703. The third kappa shape index (κ3) is 2.66. The summed E-state index contributed by atoms with van der Waals surface area (Å²) in [6.07, 6.45) is 1.18. The molecule has 78 valence electrons. The summed E-state index contributed by atoms with van der Waals surface area (Å²) >= 11 is 0. The van der Waals surface area contributed by atoms with Crippen molar-refractivity contribution in [1.82, 2.24) is 10.2 Å². The highest BCUT2D eigenvalue weighted by Gasteiger charge is 2.27. The normalized spacial score (nSPS) is 32.1. The van der Waals surface area contributed by atoms with E-state index in [9.17, 15) is 5.11 Å². The van der Waals surface area contributed by atoms with Gasteiger partial charge in [-0.05, 0) is 33.7 Å². The van der Waals surface area contributed by atoms with Crippen molar-refractivity contribution in [2.75, 3.05) is 19.7 Å². The second-order valence-electron chi connectivity index (χ2n) is 4.22. The van der Waals surface area contributed by atoms with Crippen molar-refractivity contribution in [1.29, 1.82) is 0 Å². The first-order valence-electron chi connectivity index (χ1n) is 5.25. The van der Waals surface area contributed by atoms with Gasteiger partial charge >= 0.3 is 0 Å². The van der Waals surface area contributed by atoms with Crippen molar-refractivity contribution in [2.24, 2.45) is 0 Å². The molecule has 2 N–H and O–H groups in total. The van der Waals surface area contributed by atoms with Crippen LogP contribution in [0.4, 0.5) is 0 Å². The molecule has 1 rings (SSSR count). The summed E-state index contributed by atoms with van der Waals surface area (Å²) in [6, 6.07) is 1.39. The third-order valence-corrected chi connectivity index (χ3v) is 2.86. The molecule has 1 saturated heterocycles. The van der Waals surface area contributed by atoms with E-state index in [0.29, 0.717) is 12.1 Å². The van der Waals surface area contributed by atoms with Crippen LogP contribution >= 0.6 is 0 Å². The molecule has 0 aromatic carbocycles. The van der Waals surface area contributed by atoms with Crippen LogP contribution in [0.15, 0.2) is 0 Å². The molecule has 1 fully saturated rings. The van der Waals surface area contributed by atoms with Crippen LogP contribution in [0.3, 0.4) is 0 Å². The molecular weight excluding hydrogens is 164 g/mol. The van der Waals surface area contributed by atoms with Gasteiger partial charge in [-0.3, -0.25) is 4.90 Å². The van der Waals surface area contributed by atoms with Gasteiger partial charge in [-0.1, -0.05) is 0 Å². The Bertz CT molecular complexity index is 150. The Kier molecular flexibility index (Phi) is 4.16. The summed E-state index contributed by atoms with van der Waals surface area (Å²) in [5.74, 6) is 0. The predicted molar refractivity (Wildman–Crippen MR) is 54.8 cm³/mol. The second kappa shape index (κ2) is 4.94. The monoisotopic (exact) mass is 186 g/mol. The van der Waals surface area contributed by atoms with Crippen LogP contribution in [0, 0.1) is 0 Å². The maximum absolute atomic E-state index is 9.27. The molecule has 0 bridgehead atoms. The van der Waals surface area contributed by atoms with E-state index in [1.54, 1.807) is 0 Å². The topological polar surface area (TPSA) is 35.5 Å². The minimum atomic E-state index is 0.259. The smallest absolute Gasteiger partial charge is 0.0599 e. The van der Waals surface area contributed by atoms with Crippen LogP contribution in [0.2, 0.25) is 0 Å². The van der Waals surface area contributed by atoms with Gasteiger partial charge in [-0.15, -0.1) is 0 Å². The highest BCUT2D eigenvalue weighted by Crippen LogP contribution is 2.15. The lowest BCUT2D eigenvalue weighted by Crippen LogP contribution is -2.49. The predicted octanol–water partition coefficient (Wildman–Crippen LogP) is 0.439. The quantitative estimate of drug-likeness (QED) is 0.657. The number of nitrogens with zero attached hydrogens (tertiary/aromatic N) is 1. The molecule has 0 radical (unpaired) electrons. The van der Waals surface area contributed by atoms with Crippen LogP contribution in [-0.2, 0) is 0 Å². The minimum absolute atomic E-state index is 0.259. The second-order valence-corrected chi connectivity index (χ2v) is 4.22. The van der Waals surface area contributed by atoms with Crippen LogP contribution in [-0.4, -0.2) is 47.8 Å². The number of hydrogen-bond donors (Lipinski definition) is 2. The van der Waals surface area contributed by atoms with E-state index in [4.69, 9.17) is 0 Å². The van der Waals surface area contributed by atoms with Gasteiger partial charge in [-0.25, -0.2) is 0 Å². The maximum atomic E-state index is 9.27. The SMILES string of the molecule is CC(C)N1C(C)CCNCC1CO. The van der Waals surface area contributed by atoms with Crippen LogP contribution in [0.1, 0.15) is 27.2 Å². The van der Waals surface area contributed by atoms with Gasteiger partial charge in [0.15, 0.2) is 0 Å². The number of nitrogens with one attached hydrogen (secondary N) is 1. The fourth-order valence-electron chi connectivity index (χ4n) is 2.28. The Labute approximate surface area is 81.1 Å². The van der Waals surface area contributed by atoms with Crippen molar-refractivity contribution in [3.05, 3.63) is 0 Å². The Balaban J connectivity index is 2.66. The van der Waals surface area contributed by atoms with E-state index >= 15 is 0 Å². The Morgan fingerprint density at radius 2 is 2.23 bits per heavy atom. The number of hydrogen-bond acceptors (Lipinski definition) is 3. The van der Waals surface area contributed by atoms with E-state index in [2.05, 4.69) is 31.0 Å². The van der Waals surface area contributed by atoms with Gasteiger partial charge in [-0.2, -0.15) is 0 Å². The highest BCUT2D eigenvalue weighted by molar-refractivity contribution is 4.84. The van der Waals surface area contributed by atoms with Crippen LogP contribution in [0.25, 0.3) is 0 Å². The summed E-state index contributed by atoms with van der Waals surface area (Å²) in [5.41, 5.74) is 0. The van der Waals surface area contributed by atoms with E-state index < -0.39 is 0 Å². The first-order valence-corrected chi connectivity index (χ1v) is 5.25. The van der Waals surface area contributed by atoms with E-state index in [-0.39, 0.29) is 12.6 Å². The van der Waals surface area contributed by atoms with E-state index in [0.717, 1.165) is 13.1 Å². The molecule has 3 nitrogen and oxygen atoms in total. The zero-order valence-electron chi connectivity index (χ0n) is 8.95. The Morgan fingerprint density at radius 1 is 1.54 bits per heavy atom. The molecule has 0 aromatic heterocycles. The standard InChI is InChI=1S/C10H22N2O/c1-8(2)12-9(3)4-5-11-6-10(12)7-13/h8-11,13H,4-7H2,1-3H3. The summed E-state index contributed by atoms with van der Waals surface area (Å²) in [5, 5.41) is 12.6. The van der Waals surface area contributed by atoms with Gasteiger partial charge in [0.05, 0.1) is 6.61 Å². The number of rotatable bonds is 2. The molecule has 1 aliphatic rings. The summed E-state index contributed by atoms with van der Waals surface area (Å²) < 4.78 is 0. The molecule has 0 spiro atoms. The Morgan fingerprint density at radius 3 is 2.77 bits per heavy atom. The molecule has 0 amide bonds. The number of aliphatic hydroxyl groups is 1. The molecule has 1 aliphatic heterocycles. The lowest BCUT2D eigenvalue weighted by Gasteiger charge is -2.36. The average Bonchev–Trinajstić information content (AvgIpc) is 2.26. The lowest BCUT2D eigenvalue weighted by atomic mass is 10.1. The van der Waals surface area contributed by atoms with E-state index in [1.165, 1.54) is 6.42 Å². The van der Waals surface area contributed by atoms with Crippen LogP contribution < -0.4 is 5.32 Å². The fourth-order valence-corrected chi connectivity index (χ4v) is 2.28. The molecule has 3 heteroatoms. The molecular formula is C10H22N2O. The molecule has 0 aliphatic carbocycles. The fraction of sp³-hybridized carbons (Fsp3) is 1.00. The maximum Gasteiger partial charge on any atom is 0.0599 e. The summed E-state index contributed by atoms with van der Waals surface area (Å²) in [7, 11) is 0. The largest absolute Gasteiger partial charge is 0.395 e. The molecule has 2 unspecified atom stereocenters. The van der Waals surface area contributed by atoms with Crippen molar-refractivity contribution >= 4 is 0 Å². The first kappa shape index (κ1) is 11.0.